The van der Waals surface area contributed by atoms with Crippen molar-refractivity contribution in [2.75, 3.05) is 18.0 Å². The van der Waals surface area contributed by atoms with E-state index in [4.69, 9.17) is 0 Å². The highest BCUT2D eigenvalue weighted by molar-refractivity contribution is 9.10. The number of anilines is 1. The van der Waals surface area contributed by atoms with Gasteiger partial charge in [-0.3, -0.25) is 0 Å². The summed E-state index contributed by atoms with van der Waals surface area (Å²) in [5.41, 5.74) is 0.699. The van der Waals surface area contributed by atoms with Crippen LogP contribution < -0.4 is 10.2 Å². The van der Waals surface area contributed by atoms with Crippen molar-refractivity contribution < 1.29 is 4.39 Å². The van der Waals surface area contributed by atoms with E-state index < -0.39 is 0 Å². The zero-order valence-corrected chi connectivity index (χ0v) is 12.7. The van der Waals surface area contributed by atoms with Gasteiger partial charge in [-0.1, -0.05) is 19.9 Å². The predicted molar refractivity (Wildman–Crippen MR) is 77.5 cm³/mol. The Kier molecular flexibility index (Phi) is 4.28. The highest BCUT2D eigenvalue weighted by Gasteiger charge is 2.30. The SMILES string of the molecule is CC1CN(c2c(F)cccc2Br)C(C(C)C)CN1. The molecule has 1 saturated heterocycles. The Morgan fingerprint density at radius 3 is 2.78 bits per heavy atom. The maximum Gasteiger partial charge on any atom is 0.147 e. The molecule has 100 valence electrons. The van der Waals surface area contributed by atoms with Gasteiger partial charge in [0.2, 0.25) is 0 Å². The van der Waals surface area contributed by atoms with Crippen LogP contribution in [0.2, 0.25) is 0 Å². The molecule has 18 heavy (non-hydrogen) atoms. The predicted octanol–water partition coefficient (Wildman–Crippen LogP) is 3.41. The van der Waals surface area contributed by atoms with Crippen molar-refractivity contribution in [2.24, 2.45) is 5.92 Å². The largest absolute Gasteiger partial charge is 0.362 e. The van der Waals surface area contributed by atoms with Crippen LogP contribution in [0.5, 0.6) is 0 Å². The van der Waals surface area contributed by atoms with Gasteiger partial charge in [0.05, 0.1) is 5.69 Å². The molecule has 0 spiro atoms. The number of halogens is 2. The maximum atomic E-state index is 14.1. The summed E-state index contributed by atoms with van der Waals surface area (Å²) in [5.74, 6) is 0.334. The molecule has 0 radical (unpaired) electrons. The molecule has 0 bridgehead atoms. The number of hydrogen-bond donors (Lipinski definition) is 1. The quantitative estimate of drug-likeness (QED) is 0.900. The lowest BCUT2D eigenvalue weighted by Gasteiger charge is -2.43. The van der Waals surface area contributed by atoms with Gasteiger partial charge < -0.3 is 10.2 Å². The Morgan fingerprint density at radius 1 is 1.44 bits per heavy atom. The van der Waals surface area contributed by atoms with Crippen LogP contribution in [0, 0.1) is 11.7 Å². The van der Waals surface area contributed by atoms with E-state index in [-0.39, 0.29) is 5.82 Å². The average Bonchev–Trinajstić information content (AvgIpc) is 2.28. The molecule has 2 rings (SSSR count). The zero-order chi connectivity index (χ0) is 13.3. The minimum Gasteiger partial charge on any atom is -0.362 e. The van der Waals surface area contributed by atoms with Crippen molar-refractivity contribution in [3.8, 4) is 0 Å². The van der Waals surface area contributed by atoms with E-state index >= 15 is 0 Å². The smallest absolute Gasteiger partial charge is 0.147 e. The van der Waals surface area contributed by atoms with Gasteiger partial charge in [0.15, 0.2) is 0 Å². The molecule has 1 fully saturated rings. The molecule has 1 heterocycles. The number of rotatable bonds is 2. The first-order valence-electron chi connectivity index (χ1n) is 6.44. The highest BCUT2D eigenvalue weighted by Crippen LogP contribution is 2.33. The Morgan fingerprint density at radius 2 is 2.17 bits per heavy atom. The first kappa shape index (κ1) is 13.8. The number of para-hydroxylation sites is 1. The van der Waals surface area contributed by atoms with E-state index in [0.29, 0.717) is 23.7 Å². The molecule has 0 aromatic heterocycles. The second-order valence-corrected chi connectivity index (χ2v) is 6.20. The number of benzene rings is 1. The lowest BCUT2D eigenvalue weighted by atomic mass is 9.98. The van der Waals surface area contributed by atoms with Gasteiger partial charge >= 0.3 is 0 Å². The highest BCUT2D eigenvalue weighted by atomic mass is 79.9. The fourth-order valence-electron chi connectivity index (χ4n) is 2.54. The summed E-state index contributed by atoms with van der Waals surface area (Å²) in [6.45, 7) is 8.24. The van der Waals surface area contributed by atoms with Gasteiger partial charge in [0.1, 0.15) is 5.82 Å². The van der Waals surface area contributed by atoms with Gasteiger partial charge in [-0.05, 0) is 40.9 Å². The first-order chi connectivity index (χ1) is 8.50. The topological polar surface area (TPSA) is 15.3 Å². The Labute approximate surface area is 117 Å². The molecule has 2 atom stereocenters. The Bertz CT molecular complexity index is 402. The van der Waals surface area contributed by atoms with Crippen LogP contribution in [0.1, 0.15) is 20.8 Å². The minimum absolute atomic E-state index is 0.149. The molecule has 0 saturated carbocycles. The molecule has 2 unspecified atom stereocenters. The number of nitrogens with zero attached hydrogens (tertiary/aromatic N) is 1. The first-order valence-corrected chi connectivity index (χ1v) is 7.24. The van der Waals surface area contributed by atoms with Crippen LogP contribution in [0.25, 0.3) is 0 Å². The Balaban J connectivity index is 2.38. The van der Waals surface area contributed by atoms with Crippen molar-refractivity contribution in [3.63, 3.8) is 0 Å². The van der Waals surface area contributed by atoms with Crippen LogP contribution in [0.3, 0.4) is 0 Å². The van der Waals surface area contributed by atoms with Gasteiger partial charge in [-0.2, -0.15) is 0 Å². The molecule has 1 aromatic rings. The van der Waals surface area contributed by atoms with E-state index in [1.165, 1.54) is 6.07 Å². The van der Waals surface area contributed by atoms with Crippen LogP contribution in [0.15, 0.2) is 22.7 Å². The van der Waals surface area contributed by atoms with Gasteiger partial charge in [0, 0.05) is 29.6 Å². The second kappa shape index (κ2) is 5.57. The van der Waals surface area contributed by atoms with E-state index in [1.54, 1.807) is 6.07 Å². The molecule has 1 aliphatic heterocycles. The molecule has 1 N–H and O–H groups in total. The lowest BCUT2D eigenvalue weighted by molar-refractivity contribution is 0.346. The van der Waals surface area contributed by atoms with Crippen LogP contribution in [0.4, 0.5) is 10.1 Å². The molecule has 0 amide bonds. The Hall–Kier alpha value is -0.610. The van der Waals surface area contributed by atoms with Gasteiger partial charge in [-0.25, -0.2) is 4.39 Å². The normalized spacial score (nSPS) is 24.7. The molecular formula is C14H20BrFN2. The number of nitrogens with one attached hydrogen (secondary N) is 1. The molecule has 1 aliphatic rings. The third kappa shape index (κ3) is 2.69. The number of piperazine rings is 1. The molecular weight excluding hydrogens is 295 g/mol. The van der Waals surface area contributed by atoms with Gasteiger partial charge in [-0.15, -0.1) is 0 Å². The van der Waals surface area contributed by atoms with E-state index in [9.17, 15) is 4.39 Å². The van der Waals surface area contributed by atoms with Crippen LogP contribution >= 0.6 is 15.9 Å². The summed E-state index contributed by atoms with van der Waals surface area (Å²) in [5, 5.41) is 3.47. The summed E-state index contributed by atoms with van der Waals surface area (Å²) in [6.07, 6.45) is 0. The maximum absolute atomic E-state index is 14.1. The van der Waals surface area contributed by atoms with Crippen LogP contribution in [-0.4, -0.2) is 25.2 Å². The van der Waals surface area contributed by atoms with Gasteiger partial charge in [0.25, 0.3) is 0 Å². The summed E-state index contributed by atoms with van der Waals surface area (Å²) < 4.78 is 14.9. The van der Waals surface area contributed by atoms with Crippen molar-refractivity contribution >= 4 is 21.6 Å². The average molecular weight is 315 g/mol. The van der Waals surface area contributed by atoms with Crippen molar-refractivity contribution in [1.29, 1.82) is 0 Å². The molecule has 1 aromatic carbocycles. The van der Waals surface area contributed by atoms with Crippen molar-refractivity contribution in [1.82, 2.24) is 5.32 Å². The zero-order valence-electron chi connectivity index (χ0n) is 11.1. The monoisotopic (exact) mass is 314 g/mol. The third-order valence-electron chi connectivity index (χ3n) is 3.54. The fraction of sp³-hybridized carbons (Fsp3) is 0.571. The molecule has 4 heteroatoms. The van der Waals surface area contributed by atoms with Crippen molar-refractivity contribution in [2.45, 2.75) is 32.9 Å². The second-order valence-electron chi connectivity index (χ2n) is 5.34. The van der Waals surface area contributed by atoms with E-state index in [1.807, 2.05) is 6.07 Å². The summed E-state index contributed by atoms with van der Waals surface area (Å²) in [4.78, 5) is 2.20. The lowest BCUT2D eigenvalue weighted by Crippen LogP contribution is -2.57. The van der Waals surface area contributed by atoms with Crippen LogP contribution in [-0.2, 0) is 0 Å². The van der Waals surface area contributed by atoms with Crippen molar-refractivity contribution in [3.05, 3.63) is 28.5 Å². The summed E-state index contributed by atoms with van der Waals surface area (Å²) in [6, 6.07) is 5.88. The number of hydrogen-bond acceptors (Lipinski definition) is 2. The standard InChI is InChI=1S/C14H20BrFN2/c1-9(2)13-7-17-10(3)8-18(13)14-11(15)5-4-6-12(14)16/h4-6,9-10,13,17H,7-8H2,1-3H3. The summed E-state index contributed by atoms with van der Waals surface area (Å²) in [7, 11) is 0. The van der Waals surface area contributed by atoms with E-state index in [0.717, 1.165) is 17.6 Å². The molecule has 0 aliphatic carbocycles. The van der Waals surface area contributed by atoms with E-state index in [2.05, 4.69) is 46.9 Å². The minimum atomic E-state index is -0.149. The fourth-order valence-corrected chi connectivity index (χ4v) is 3.11. The summed E-state index contributed by atoms with van der Waals surface area (Å²) >= 11 is 3.48. The third-order valence-corrected chi connectivity index (χ3v) is 4.18. The molecule has 2 nitrogen and oxygen atoms in total.